The molecule has 0 bridgehead atoms. The average molecular weight is 251 g/mol. The van der Waals surface area contributed by atoms with Crippen molar-refractivity contribution in [3.63, 3.8) is 0 Å². The van der Waals surface area contributed by atoms with Crippen LogP contribution in [0.3, 0.4) is 0 Å². The predicted molar refractivity (Wildman–Crippen MR) is 73.1 cm³/mol. The van der Waals surface area contributed by atoms with Crippen LogP contribution in [0.4, 0.5) is 0 Å². The largest absolute Gasteiger partial charge is 0.352 e. The first-order chi connectivity index (χ1) is 9.33. The highest BCUT2D eigenvalue weighted by atomic mass is 16.1. The van der Waals surface area contributed by atoms with E-state index < -0.39 is 0 Å². The number of H-pyrrole nitrogens is 2. The molecule has 4 nitrogen and oxygen atoms in total. The Morgan fingerprint density at radius 3 is 2.95 bits per heavy atom. The number of benzene rings is 1. The van der Waals surface area contributed by atoms with E-state index in [4.69, 9.17) is 0 Å². The molecule has 3 aromatic rings. The Hall–Kier alpha value is -2.36. The molecule has 0 unspecified atom stereocenters. The number of aromatic amines is 2. The van der Waals surface area contributed by atoms with Crippen LogP contribution in [0.5, 0.6) is 0 Å². The maximum atomic E-state index is 11.9. The fourth-order valence-electron chi connectivity index (χ4n) is 2.88. The number of hydrogen-bond donors (Lipinski definition) is 2. The van der Waals surface area contributed by atoms with Crippen molar-refractivity contribution >= 4 is 16.7 Å². The van der Waals surface area contributed by atoms with Crippen molar-refractivity contribution < 1.29 is 4.79 Å². The number of nitrogens with zero attached hydrogens (tertiary/aromatic N) is 1. The number of carbonyl (C=O) groups is 1. The molecule has 1 aliphatic rings. The van der Waals surface area contributed by atoms with Gasteiger partial charge in [0.2, 0.25) is 0 Å². The lowest BCUT2D eigenvalue weighted by atomic mass is 9.94. The lowest BCUT2D eigenvalue weighted by molar-refractivity contribution is 0.0968. The van der Waals surface area contributed by atoms with Gasteiger partial charge in [-0.25, -0.2) is 0 Å². The normalized spacial score (nSPS) is 14.8. The molecule has 94 valence electrons. The second-order valence-corrected chi connectivity index (χ2v) is 5.00. The zero-order chi connectivity index (χ0) is 12.8. The van der Waals surface area contributed by atoms with Crippen molar-refractivity contribution in [2.45, 2.75) is 19.3 Å². The molecule has 2 heterocycles. The van der Waals surface area contributed by atoms with E-state index in [2.05, 4.69) is 27.3 Å². The van der Waals surface area contributed by atoms with Gasteiger partial charge in [-0.3, -0.25) is 9.89 Å². The number of aromatic nitrogens is 3. The molecule has 0 fully saturated rings. The highest BCUT2D eigenvalue weighted by Crippen LogP contribution is 2.31. The van der Waals surface area contributed by atoms with Gasteiger partial charge in [0.05, 0.1) is 11.9 Å². The minimum absolute atomic E-state index is 0.238. The summed E-state index contributed by atoms with van der Waals surface area (Å²) in [6.45, 7) is 0. The maximum absolute atomic E-state index is 11.9. The molecule has 4 rings (SSSR count). The summed E-state index contributed by atoms with van der Waals surface area (Å²) < 4.78 is 0. The van der Waals surface area contributed by atoms with Gasteiger partial charge >= 0.3 is 0 Å². The Bertz CT molecular complexity index is 768. The molecule has 2 aromatic heterocycles. The Labute approximate surface area is 109 Å². The van der Waals surface area contributed by atoms with E-state index >= 15 is 0 Å². The fraction of sp³-hybridized carbons (Fsp3) is 0.200. The summed E-state index contributed by atoms with van der Waals surface area (Å²) in [5.41, 5.74) is 5.23. The SMILES string of the molecule is O=C1CCCc2c1[nH]c1ccc(-c3cn[nH]c3)cc21. The highest BCUT2D eigenvalue weighted by molar-refractivity contribution is 6.04. The van der Waals surface area contributed by atoms with Crippen LogP contribution >= 0.6 is 0 Å². The standard InChI is InChI=1S/C15H13N3O/c19-14-3-1-2-11-12-6-9(10-7-16-17-8-10)4-5-13(12)18-15(11)14/h4-8,18H,1-3H2,(H,16,17). The average Bonchev–Trinajstić information content (AvgIpc) is 3.05. The van der Waals surface area contributed by atoms with Crippen molar-refractivity contribution in [1.82, 2.24) is 15.2 Å². The van der Waals surface area contributed by atoms with E-state index in [0.29, 0.717) is 6.42 Å². The molecule has 1 aromatic carbocycles. The molecule has 0 saturated carbocycles. The van der Waals surface area contributed by atoms with Gasteiger partial charge in [-0.05, 0) is 36.1 Å². The number of fused-ring (bicyclic) bond motifs is 3. The zero-order valence-electron chi connectivity index (χ0n) is 10.4. The van der Waals surface area contributed by atoms with E-state index in [1.54, 1.807) is 0 Å². The summed E-state index contributed by atoms with van der Waals surface area (Å²) in [5, 5.41) is 7.97. The Morgan fingerprint density at radius 1 is 1.16 bits per heavy atom. The zero-order valence-corrected chi connectivity index (χ0v) is 10.4. The third-order valence-electron chi connectivity index (χ3n) is 3.85. The minimum Gasteiger partial charge on any atom is -0.352 e. The predicted octanol–water partition coefficient (Wildman–Crippen LogP) is 3.08. The summed E-state index contributed by atoms with van der Waals surface area (Å²) in [6.07, 6.45) is 6.29. The van der Waals surface area contributed by atoms with E-state index in [-0.39, 0.29) is 5.78 Å². The van der Waals surface area contributed by atoms with E-state index in [1.807, 2.05) is 18.5 Å². The van der Waals surface area contributed by atoms with Crippen LogP contribution in [0, 0.1) is 0 Å². The van der Waals surface area contributed by atoms with Gasteiger partial charge in [-0.2, -0.15) is 5.10 Å². The smallest absolute Gasteiger partial charge is 0.179 e. The van der Waals surface area contributed by atoms with E-state index in [1.165, 1.54) is 10.9 Å². The fourth-order valence-corrected chi connectivity index (χ4v) is 2.88. The van der Waals surface area contributed by atoms with Crippen LogP contribution in [0.25, 0.3) is 22.0 Å². The topological polar surface area (TPSA) is 61.5 Å². The van der Waals surface area contributed by atoms with Crippen LogP contribution in [0.1, 0.15) is 28.9 Å². The van der Waals surface area contributed by atoms with Crippen LogP contribution in [-0.2, 0) is 6.42 Å². The maximum Gasteiger partial charge on any atom is 0.179 e. The van der Waals surface area contributed by atoms with Gasteiger partial charge in [-0.1, -0.05) is 6.07 Å². The number of ketones is 1. The number of Topliss-reactive ketones (excluding diaryl/α,β-unsaturated/α-hetero) is 1. The van der Waals surface area contributed by atoms with Gasteiger partial charge in [0.15, 0.2) is 5.78 Å². The van der Waals surface area contributed by atoms with E-state index in [9.17, 15) is 4.79 Å². The molecule has 0 saturated heterocycles. The monoisotopic (exact) mass is 251 g/mol. The molecule has 4 heteroatoms. The van der Waals surface area contributed by atoms with Crippen molar-refractivity contribution in [2.24, 2.45) is 0 Å². The van der Waals surface area contributed by atoms with Crippen molar-refractivity contribution in [3.8, 4) is 11.1 Å². The molecule has 0 amide bonds. The first kappa shape index (κ1) is 10.6. The molecule has 1 aliphatic carbocycles. The molecule has 0 aliphatic heterocycles. The summed E-state index contributed by atoms with van der Waals surface area (Å²) >= 11 is 0. The van der Waals surface area contributed by atoms with Crippen LogP contribution in [0.15, 0.2) is 30.6 Å². The lowest BCUT2D eigenvalue weighted by Gasteiger charge is -2.09. The summed E-state index contributed by atoms with van der Waals surface area (Å²) in [4.78, 5) is 15.2. The molecule has 0 atom stereocenters. The van der Waals surface area contributed by atoms with Crippen LogP contribution in [-0.4, -0.2) is 21.0 Å². The first-order valence-electron chi connectivity index (χ1n) is 6.50. The Balaban J connectivity index is 1.96. The molecule has 19 heavy (non-hydrogen) atoms. The van der Waals surface area contributed by atoms with Crippen molar-refractivity contribution in [2.75, 3.05) is 0 Å². The number of aryl methyl sites for hydroxylation is 1. The van der Waals surface area contributed by atoms with Crippen LogP contribution in [0.2, 0.25) is 0 Å². The van der Waals surface area contributed by atoms with Gasteiger partial charge in [0, 0.05) is 29.1 Å². The second-order valence-electron chi connectivity index (χ2n) is 5.00. The van der Waals surface area contributed by atoms with Crippen molar-refractivity contribution in [3.05, 3.63) is 41.9 Å². The number of rotatable bonds is 1. The van der Waals surface area contributed by atoms with Gasteiger partial charge < -0.3 is 4.98 Å². The number of nitrogens with one attached hydrogen (secondary N) is 2. The number of hydrogen-bond acceptors (Lipinski definition) is 2. The first-order valence-corrected chi connectivity index (χ1v) is 6.50. The third kappa shape index (κ3) is 1.53. The van der Waals surface area contributed by atoms with Gasteiger partial charge in [-0.15, -0.1) is 0 Å². The number of carbonyl (C=O) groups excluding carboxylic acids is 1. The van der Waals surface area contributed by atoms with Crippen LogP contribution < -0.4 is 0 Å². The molecule has 2 N–H and O–H groups in total. The van der Waals surface area contributed by atoms with Crippen molar-refractivity contribution in [1.29, 1.82) is 0 Å². The third-order valence-corrected chi connectivity index (χ3v) is 3.85. The quantitative estimate of drug-likeness (QED) is 0.698. The molecule has 0 radical (unpaired) electrons. The molecular formula is C15H13N3O. The summed E-state index contributed by atoms with van der Waals surface area (Å²) in [6, 6.07) is 6.25. The summed E-state index contributed by atoms with van der Waals surface area (Å²) in [5.74, 6) is 0.238. The minimum atomic E-state index is 0.238. The summed E-state index contributed by atoms with van der Waals surface area (Å²) in [7, 11) is 0. The van der Waals surface area contributed by atoms with E-state index in [0.717, 1.165) is 35.2 Å². The Morgan fingerprint density at radius 2 is 2.11 bits per heavy atom. The highest BCUT2D eigenvalue weighted by Gasteiger charge is 2.21. The molecule has 0 spiro atoms. The second kappa shape index (κ2) is 3.82. The lowest BCUT2D eigenvalue weighted by Crippen LogP contribution is -2.09. The van der Waals surface area contributed by atoms with Gasteiger partial charge in [0.1, 0.15) is 0 Å². The Kier molecular flexibility index (Phi) is 2.12. The van der Waals surface area contributed by atoms with Gasteiger partial charge in [0.25, 0.3) is 0 Å². The molecular weight excluding hydrogens is 238 g/mol.